The summed E-state index contributed by atoms with van der Waals surface area (Å²) < 4.78 is 10.3. The standard InChI is InChI=1S/C13H17NO6/c1-19-10-4-2-3-5-11(10)20-8-12(16)14-9(6-7-15)13(17)18/h2-5,9,15H,6-8H2,1H3,(H,14,16)(H,17,18)/t9-/m1/s1. The van der Waals surface area contributed by atoms with E-state index in [2.05, 4.69) is 5.32 Å². The van der Waals surface area contributed by atoms with Gasteiger partial charge < -0.3 is 25.0 Å². The molecule has 0 aromatic heterocycles. The molecule has 7 nitrogen and oxygen atoms in total. The normalized spacial score (nSPS) is 11.5. The molecule has 0 aliphatic carbocycles. The molecular weight excluding hydrogens is 266 g/mol. The summed E-state index contributed by atoms with van der Waals surface area (Å²) in [6, 6.07) is 5.66. The average molecular weight is 283 g/mol. The third kappa shape index (κ3) is 4.77. The van der Waals surface area contributed by atoms with Gasteiger partial charge in [0.15, 0.2) is 18.1 Å². The maximum Gasteiger partial charge on any atom is 0.326 e. The van der Waals surface area contributed by atoms with Crippen molar-refractivity contribution in [3.05, 3.63) is 24.3 Å². The number of aliphatic hydroxyl groups is 1. The smallest absolute Gasteiger partial charge is 0.326 e. The highest BCUT2D eigenvalue weighted by Gasteiger charge is 2.19. The van der Waals surface area contributed by atoms with Crippen molar-refractivity contribution < 1.29 is 29.3 Å². The maximum absolute atomic E-state index is 11.6. The van der Waals surface area contributed by atoms with Crippen molar-refractivity contribution in [3.8, 4) is 11.5 Å². The zero-order valence-electron chi connectivity index (χ0n) is 11.0. The molecule has 1 amide bonds. The molecular formula is C13H17NO6. The van der Waals surface area contributed by atoms with E-state index in [9.17, 15) is 9.59 Å². The molecule has 110 valence electrons. The molecule has 0 saturated heterocycles. The number of methoxy groups -OCH3 is 1. The predicted octanol–water partition coefficient (Wildman–Crippen LogP) is 0.0258. The molecule has 0 saturated carbocycles. The highest BCUT2D eigenvalue weighted by molar-refractivity contribution is 5.84. The Hall–Kier alpha value is -2.28. The van der Waals surface area contributed by atoms with E-state index >= 15 is 0 Å². The summed E-state index contributed by atoms with van der Waals surface area (Å²) >= 11 is 0. The van der Waals surface area contributed by atoms with Crippen molar-refractivity contribution in [2.75, 3.05) is 20.3 Å². The molecule has 20 heavy (non-hydrogen) atoms. The van der Waals surface area contributed by atoms with E-state index < -0.39 is 17.9 Å². The van der Waals surface area contributed by atoms with E-state index in [0.717, 1.165) is 0 Å². The number of nitrogens with one attached hydrogen (secondary N) is 1. The molecule has 1 atom stereocenters. The Morgan fingerprint density at radius 3 is 2.50 bits per heavy atom. The monoisotopic (exact) mass is 283 g/mol. The number of aliphatic hydroxyl groups excluding tert-OH is 1. The van der Waals surface area contributed by atoms with Crippen molar-refractivity contribution in [2.45, 2.75) is 12.5 Å². The summed E-state index contributed by atoms with van der Waals surface area (Å²) in [5, 5.41) is 19.8. The molecule has 0 spiro atoms. The van der Waals surface area contributed by atoms with E-state index in [1.165, 1.54) is 7.11 Å². The van der Waals surface area contributed by atoms with E-state index in [1.807, 2.05) is 0 Å². The number of hydrogen-bond donors (Lipinski definition) is 3. The second kappa shape index (κ2) is 8.00. The minimum absolute atomic E-state index is 0.0598. The molecule has 1 aromatic rings. The second-order valence-corrected chi connectivity index (χ2v) is 3.91. The number of para-hydroxylation sites is 2. The fourth-order valence-corrected chi connectivity index (χ4v) is 1.50. The highest BCUT2D eigenvalue weighted by Crippen LogP contribution is 2.25. The fraction of sp³-hybridized carbons (Fsp3) is 0.385. The number of benzene rings is 1. The largest absolute Gasteiger partial charge is 0.493 e. The van der Waals surface area contributed by atoms with Gasteiger partial charge in [0.05, 0.1) is 7.11 Å². The Labute approximate surface area is 116 Å². The molecule has 0 aliphatic rings. The Bertz CT molecular complexity index is 462. The summed E-state index contributed by atoms with van der Waals surface area (Å²) in [5.41, 5.74) is 0. The quantitative estimate of drug-likeness (QED) is 0.621. The molecule has 0 heterocycles. The molecule has 0 fully saturated rings. The van der Waals surface area contributed by atoms with Gasteiger partial charge in [0.25, 0.3) is 5.91 Å². The third-order valence-electron chi connectivity index (χ3n) is 2.48. The summed E-state index contributed by atoms with van der Waals surface area (Å²) in [6.45, 7) is -0.666. The molecule has 1 rings (SSSR count). The van der Waals surface area contributed by atoms with Crippen molar-refractivity contribution >= 4 is 11.9 Å². The number of carbonyl (C=O) groups excluding carboxylic acids is 1. The van der Waals surface area contributed by atoms with Gasteiger partial charge in [-0.05, 0) is 12.1 Å². The van der Waals surface area contributed by atoms with Crippen LogP contribution < -0.4 is 14.8 Å². The number of aliphatic carboxylic acids is 1. The molecule has 0 aliphatic heterocycles. The van der Waals surface area contributed by atoms with Gasteiger partial charge in [-0.3, -0.25) is 4.79 Å². The molecule has 0 bridgehead atoms. The van der Waals surface area contributed by atoms with Crippen LogP contribution in [0.4, 0.5) is 0 Å². The lowest BCUT2D eigenvalue weighted by atomic mass is 10.2. The van der Waals surface area contributed by atoms with Gasteiger partial charge in [-0.15, -0.1) is 0 Å². The first-order valence-electron chi connectivity index (χ1n) is 5.97. The Balaban J connectivity index is 2.52. The van der Waals surface area contributed by atoms with Crippen LogP contribution in [0.15, 0.2) is 24.3 Å². The van der Waals surface area contributed by atoms with Crippen LogP contribution in [0.5, 0.6) is 11.5 Å². The van der Waals surface area contributed by atoms with E-state index in [1.54, 1.807) is 24.3 Å². The van der Waals surface area contributed by atoms with Gasteiger partial charge in [-0.25, -0.2) is 4.79 Å². The minimum Gasteiger partial charge on any atom is -0.493 e. The summed E-state index contributed by atoms with van der Waals surface area (Å²) in [7, 11) is 1.48. The number of carboxylic acid groups (broad SMARTS) is 1. The maximum atomic E-state index is 11.6. The van der Waals surface area contributed by atoms with Crippen LogP contribution in [0.25, 0.3) is 0 Å². The topological polar surface area (TPSA) is 105 Å². The lowest BCUT2D eigenvalue weighted by molar-refractivity contribution is -0.142. The molecule has 1 aromatic carbocycles. The number of rotatable bonds is 8. The Morgan fingerprint density at radius 2 is 1.95 bits per heavy atom. The van der Waals surface area contributed by atoms with Gasteiger partial charge in [0.2, 0.25) is 0 Å². The van der Waals surface area contributed by atoms with Crippen molar-refractivity contribution in [1.82, 2.24) is 5.32 Å². The molecule has 0 unspecified atom stereocenters. The summed E-state index contributed by atoms with van der Waals surface area (Å²) in [6.07, 6.45) is -0.0598. The first-order chi connectivity index (χ1) is 9.58. The van der Waals surface area contributed by atoms with Crippen LogP contribution in [0.2, 0.25) is 0 Å². The van der Waals surface area contributed by atoms with Crippen molar-refractivity contribution in [1.29, 1.82) is 0 Å². The summed E-state index contributed by atoms with van der Waals surface area (Å²) in [4.78, 5) is 22.4. The highest BCUT2D eigenvalue weighted by atomic mass is 16.5. The van der Waals surface area contributed by atoms with Crippen molar-refractivity contribution in [3.63, 3.8) is 0 Å². The van der Waals surface area contributed by atoms with E-state index in [-0.39, 0.29) is 19.6 Å². The molecule has 7 heteroatoms. The zero-order valence-corrected chi connectivity index (χ0v) is 11.0. The van der Waals surface area contributed by atoms with Gasteiger partial charge in [-0.2, -0.15) is 0 Å². The van der Waals surface area contributed by atoms with Crippen LogP contribution in [0, 0.1) is 0 Å². The molecule has 0 radical (unpaired) electrons. The number of ether oxygens (including phenoxy) is 2. The average Bonchev–Trinajstić information content (AvgIpc) is 2.44. The fourth-order valence-electron chi connectivity index (χ4n) is 1.50. The van der Waals surface area contributed by atoms with E-state index in [0.29, 0.717) is 11.5 Å². The van der Waals surface area contributed by atoms with Crippen LogP contribution in [0.1, 0.15) is 6.42 Å². The van der Waals surface area contributed by atoms with Gasteiger partial charge in [-0.1, -0.05) is 12.1 Å². The van der Waals surface area contributed by atoms with Crippen LogP contribution in [-0.2, 0) is 9.59 Å². The number of amides is 1. The van der Waals surface area contributed by atoms with Crippen LogP contribution in [-0.4, -0.2) is 48.5 Å². The minimum atomic E-state index is -1.20. The van der Waals surface area contributed by atoms with Gasteiger partial charge >= 0.3 is 5.97 Å². The Morgan fingerprint density at radius 1 is 1.30 bits per heavy atom. The van der Waals surface area contributed by atoms with Crippen molar-refractivity contribution in [2.24, 2.45) is 0 Å². The predicted molar refractivity (Wildman–Crippen MR) is 69.8 cm³/mol. The van der Waals surface area contributed by atoms with Gasteiger partial charge in [0.1, 0.15) is 6.04 Å². The number of hydrogen-bond acceptors (Lipinski definition) is 5. The number of carbonyl (C=O) groups is 2. The van der Waals surface area contributed by atoms with Crippen LogP contribution in [0.3, 0.4) is 0 Å². The first kappa shape index (κ1) is 15.8. The summed E-state index contributed by atoms with van der Waals surface area (Å²) in [5.74, 6) is -0.925. The van der Waals surface area contributed by atoms with E-state index in [4.69, 9.17) is 19.7 Å². The lowest BCUT2D eigenvalue weighted by Gasteiger charge is -2.14. The third-order valence-corrected chi connectivity index (χ3v) is 2.48. The zero-order chi connectivity index (χ0) is 15.0. The Kier molecular flexibility index (Phi) is 6.31. The van der Waals surface area contributed by atoms with Gasteiger partial charge in [0, 0.05) is 13.0 Å². The molecule has 3 N–H and O–H groups in total. The first-order valence-corrected chi connectivity index (χ1v) is 5.97. The lowest BCUT2D eigenvalue weighted by Crippen LogP contribution is -2.43. The number of carboxylic acids is 1. The van der Waals surface area contributed by atoms with Crippen LogP contribution >= 0.6 is 0 Å². The SMILES string of the molecule is COc1ccccc1OCC(=O)N[C@H](CCO)C(=O)O. The second-order valence-electron chi connectivity index (χ2n) is 3.91.